The van der Waals surface area contributed by atoms with Crippen molar-refractivity contribution in [1.82, 2.24) is 4.90 Å². The van der Waals surface area contributed by atoms with Crippen molar-refractivity contribution in [1.29, 1.82) is 0 Å². The number of morpholine rings is 1. The van der Waals surface area contributed by atoms with Crippen LogP contribution in [0.2, 0.25) is 0 Å². The monoisotopic (exact) mass is 155 g/mol. The highest BCUT2D eigenvalue weighted by molar-refractivity contribution is 5.01. The number of hydrogen-bond donors (Lipinski definition) is 0. The SMILES string of the molecule is CCC[C@@]12C[C@@H](CO1)N(C)C2. The minimum atomic E-state index is 0.258. The highest BCUT2D eigenvalue weighted by Crippen LogP contribution is 2.39. The largest absolute Gasteiger partial charge is 0.372 e. The Hall–Kier alpha value is -0.0800. The zero-order valence-electron chi connectivity index (χ0n) is 7.47. The summed E-state index contributed by atoms with van der Waals surface area (Å²) >= 11 is 0. The second-order valence-electron chi connectivity index (χ2n) is 4.02. The van der Waals surface area contributed by atoms with E-state index in [-0.39, 0.29) is 5.60 Å². The van der Waals surface area contributed by atoms with Crippen molar-refractivity contribution in [2.45, 2.75) is 37.8 Å². The number of nitrogens with zero attached hydrogens (tertiary/aromatic N) is 1. The Balaban J connectivity index is 2.05. The van der Waals surface area contributed by atoms with Gasteiger partial charge in [-0.2, -0.15) is 0 Å². The summed E-state index contributed by atoms with van der Waals surface area (Å²) in [6.45, 7) is 4.37. The molecule has 2 saturated heterocycles. The summed E-state index contributed by atoms with van der Waals surface area (Å²) in [5.74, 6) is 0. The second-order valence-corrected chi connectivity index (χ2v) is 4.02. The van der Waals surface area contributed by atoms with Crippen LogP contribution in [0.15, 0.2) is 0 Å². The van der Waals surface area contributed by atoms with Gasteiger partial charge < -0.3 is 4.74 Å². The molecule has 0 saturated carbocycles. The molecule has 11 heavy (non-hydrogen) atoms. The van der Waals surface area contributed by atoms with Crippen LogP contribution in [0, 0.1) is 0 Å². The van der Waals surface area contributed by atoms with Crippen molar-refractivity contribution in [2.24, 2.45) is 0 Å². The fourth-order valence-corrected chi connectivity index (χ4v) is 2.51. The maximum atomic E-state index is 5.81. The maximum absolute atomic E-state index is 5.81. The highest BCUT2D eigenvalue weighted by atomic mass is 16.5. The molecular weight excluding hydrogens is 138 g/mol. The number of likely N-dealkylation sites (N-methyl/N-ethyl adjacent to an activating group) is 1. The van der Waals surface area contributed by atoms with E-state index in [9.17, 15) is 0 Å². The van der Waals surface area contributed by atoms with Gasteiger partial charge >= 0.3 is 0 Å². The van der Waals surface area contributed by atoms with Crippen LogP contribution in [0.3, 0.4) is 0 Å². The third-order valence-corrected chi connectivity index (χ3v) is 3.06. The van der Waals surface area contributed by atoms with Gasteiger partial charge in [-0.05, 0) is 19.9 Å². The molecule has 0 aromatic carbocycles. The first-order valence-corrected chi connectivity index (χ1v) is 4.60. The lowest BCUT2D eigenvalue weighted by molar-refractivity contribution is -0.0434. The number of fused-ring (bicyclic) bond motifs is 2. The Bertz CT molecular complexity index is 156. The van der Waals surface area contributed by atoms with E-state index in [0.717, 1.165) is 19.2 Å². The predicted octanol–water partition coefficient (Wildman–Crippen LogP) is 1.26. The summed E-state index contributed by atoms with van der Waals surface area (Å²) in [6, 6.07) is 0.724. The Morgan fingerprint density at radius 1 is 1.64 bits per heavy atom. The van der Waals surface area contributed by atoms with Crippen molar-refractivity contribution < 1.29 is 4.74 Å². The second kappa shape index (κ2) is 2.46. The van der Waals surface area contributed by atoms with E-state index in [1.807, 2.05) is 0 Å². The van der Waals surface area contributed by atoms with Gasteiger partial charge in [-0.15, -0.1) is 0 Å². The highest BCUT2D eigenvalue weighted by Gasteiger charge is 2.48. The average Bonchev–Trinajstić information content (AvgIpc) is 2.44. The fraction of sp³-hybridized carbons (Fsp3) is 1.00. The van der Waals surface area contributed by atoms with E-state index in [1.54, 1.807) is 0 Å². The fourth-order valence-electron chi connectivity index (χ4n) is 2.51. The van der Waals surface area contributed by atoms with E-state index in [1.165, 1.54) is 19.3 Å². The summed E-state index contributed by atoms with van der Waals surface area (Å²) in [5, 5.41) is 0. The van der Waals surface area contributed by atoms with E-state index < -0.39 is 0 Å². The number of rotatable bonds is 2. The quantitative estimate of drug-likeness (QED) is 0.595. The standard InChI is InChI=1S/C9H17NO/c1-3-4-9-5-8(6-11-9)10(2)7-9/h8H,3-7H2,1-2H3/t8-,9-/m0/s1. The van der Waals surface area contributed by atoms with Gasteiger partial charge in [0.2, 0.25) is 0 Å². The first kappa shape index (κ1) is 7.56. The van der Waals surface area contributed by atoms with Crippen LogP contribution in [-0.2, 0) is 4.74 Å². The molecule has 2 aliphatic heterocycles. The van der Waals surface area contributed by atoms with Gasteiger partial charge in [0.1, 0.15) is 0 Å². The maximum Gasteiger partial charge on any atom is 0.0825 e. The van der Waals surface area contributed by atoms with E-state index in [0.29, 0.717) is 0 Å². The summed E-state index contributed by atoms with van der Waals surface area (Å²) < 4.78 is 5.81. The van der Waals surface area contributed by atoms with Gasteiger partial charge in [0.05, 0.1) is 12.2 Å². The lowest BCUT2D eigenvalue weighted by Crippen LogP contribution is -2.40. The topological polar surface area (TPSA) is 12.5 Å². The number of likely N-dealkylation sites (tertiary alicyclic amines) is 1. The Morgan fingerprint density at radius 3 is 2.91 bits per heavy atom. The van der Waals surface area contributed by atoms with Crippen molar-refractivity contribution >= 4 is 0 Å². The van der Waals surface area contributed by atoms with Gasteiger partial charge in [0.25, 0.3) is 0 Å². The molecule has 0 aromatic heterocycles. The molecule has 0 aromatic rings. The molecule has 0 aliphatic carbocycles. The molecule has 2 heterocycles. The minimum absolute atomic E-state index is 0.258. The average molecular weight is 155 g/mol. The predicted molar refractivity (Wildman–Crippen MR) is 44.6 cm³/mol. The molecule has 0 N–H and O–H groups in total. The molecular formula is C9H17NO. The van der Waals surface area contributed by atoms with Gasteiger partial charge in [-0.1, -0.05) is 13.3 Å². The molecule has 2 aliphatic rings. The van der Waals surface area contributed by atoms with Gasteiger partial charge in [0, 0.05) is 12.6 Å². The smallest absolute Gasteiger partial charge is 0.0825 e. The van der Waals surface area contributed by atoms with Crippen LogP contribution in [-0.4, -0.2) is 36.7 Å². The third-order valence-electron chi connectivity index (χ3n) is 3.06. The molecule has 64 valence electrons. The van der Waals surface area contributed by atoms with Crippen molar-refractivity contribution in [3.05, 3.63) is 0 Å². The van der Waals surface area contributed by atoms with Gasteiger partial charge in [-0.25, -0.2) is 0 Å². The van der Waals surface area contributed by atoms with Gasteiger partial charge in [0.15, 0.2) is 0 Å². The minimum Gasteiger partial charge on any atom is -0.372 e. The van der Waals surface area contributed by atoms with E-state index >= 15 is 0 Å². The Kier molecular flexibility index (Phi) is 1.69. The van der Waals surface area contributed by atoms with Crippen LogP contribution in [0.5, 0.6) is 0 Å². The lowest BCUT2D eigenvalue weighted by Gasteiger charge is -2.30. The molecule has 2 fully saturated rings. The molecule has 0 unspecified atom stereocenters. The van der Waals surface area contributed by atoms with Crippen molar-refractivity contribution in [3.63, 3.8) is 0 Å². The first-order valence-electron chi connectivity index (χ1n) is 4.60. The third kappa shape index (κ3) is 1.09. The van der Waals surface area contributed by atoms with Crippen LogP contribution in [0.4, 0.5) is 0 Å². The summed E-state index contributed by atoms with van der Waals surface area (Å²) in [4.78, 5) is 2.44. The lowest BCUT2D eigenvalue weighted by atomic mass is 9.97. The van der Waals surface area contributed by atoms with Crippen LogP contribution < -0.4 is 0 Å². The molecule has 2 atom stereocenters. The molecule has 0 amide bonds. The van der Waals surface area contributed by atoms with E-state index in [2.05, 4.69) is 18.9 Å². The molecule has 2 bridgehead atoms. The summed E-state index contributed by atoms with van der Waals surface area (Å²) in [5.41, 5.74) is 0.258. The number of hydrogen-bond acceptors (Lipinski definition) is 2. The van der Waals surface area contributed by atoms with Crippen LogP contribution >= 0.6 is 0 Å². The molecule has 2 heteroatoms. The zero-order valence-corrected chi connectivity index (χ0v) is 7.47. The van der Waals surface area contributed by atoms with Gasteiger partial charge in [-0.3, -0.25) is 4.90 Å². The van der Waals surface area contributed by atoms with Crippen molar-refractivity contribution in [2.75, 3.05) is 20.2 Å². The molecule has 2 rings (SSSR count). The number of ether oxygens (including phenoxy) is 1. The summed E-state index contributed by atoms with van der Waals surface area (Å²) in [7, 11) is 2.21. The Morgan fingerprint density at radius 2 is 2.45 bits per heavy atom. The molecule has 2 nitrogen and oxygen atoms in total. The first-order chi connectivity index (χ1) is 5.26. The van der Waals surface area contributed by atoms with Crippen LogP contribution in [0.25, 0.3) is 0 Å². The van der Waals surface area contributed by atoms with Crippen molar-refractivity contribution in [3.8, 4) is 0 Å². The summed E-state index contributed by atoms with van der Waals surface area (Å²) in [6.07, 6.45) is 3.77. The van der Waals surface area contributed by atoms with Crippen LogP contribution in [0.1, 0.15) is 26.2 Å². The molecule has 0 radical (unpaired) electrons. The molecule has 0 spiro atoms. The van der Waals surface area contributed by atoms with E-state index in [4.69, 9.17) is 4.74 Å². The zero-order chi connectivity index (χ0) is 7.90. The normalized spacial score (nSPS) is 43.6. The Labute approximate surface area is 68.5 Å².